The SMILES string of the molecule is CC1CC(NC(=O)N2CCCC(C)(C(=O)O)C2)C1. The number of aliphatic carboxylic acids is 1. The van der Waals surface area contributed by atoms with Crippen LogP contribution >= 0.6 is 0 Å². The number of amides is 2. The van der Waals surface area contributed by atoms with E-state index < -0.39 is 11.4 Å². The molecule has 1 heterocycles. The Morgan fingerprint density at radius 3 is 2.61 bits per heavy atom. The van der Waals surface area contributed by atoms with Gasteiger partial charge in [-0.1, -0.05) is 6.92 Å². The maximum absolute atomic E-state index is 12.0. The van der Waals surface area contributed by atoms with Crippen LogP contribution in [0, 0.1) is 11.3 Å². The van der Waals surface area contributed by atoms with E-state index in [4.69, 9.17) is 0 Å². The number of carbonyl (C=O) groups is 2. The third-order valence-corrected chi connectivity index (χ3v) is 4.20. The highest BCUT2D eigenvalue weighted by Gasteiger charge is 2.40. The molecule has 1 aliphatic heterocycles. The number of piperidine rings is 1. The van der Waals surface area contributed by atoms with E-state index in [0.29, 0.717) is 25.4 Å². The van der Waals surface area contributed by atoms with Gasteiger partial charge in [0.05, 0.1) is 5.41 Å². The van der Waals surface area contributed by atoms with Gasteiger partial charge in [-0.3, -0.25) is 4.79 Å². The molecular formula is C13H22N2O3. The lowest BCUT2D eigenvalue weighted by molar-refractivity contribution is -0.150. The van der Waals surface area contributed by atoms with Crippen molar-refractivity contribution in [1.82, 2.24) is 10.2 Å². The van der Waals surface area contributed by atoms with Crippen LogP contribution < -0.4 is 5.32 Å². The Labute approximate surface area is 108 Å². The highest BCUT2D eigenvalue weighted by Crippen LogP contribution is 2.30. The topological polar surface area (TPSA) is 69.6 Å². The molecule has 2 amide bonds. The molecule has 1 atom stereocenters. The summed E-state index contributed by atoms with van der Waals surface area (Å²) in [6.07, 6.45) is 3.48. The molecule has 2 fully saturated rings. The summed E-state index contributed by atoms with van der Waals surface area (Å²) in [6, 6.07) is 0.185. The predicted octanol–water partition coefficient (Wildman–Crippen LogP) is 1.68. The maximum atomic E-state index is 12.0. The number of carboxylic acid groups (broad SMARTS) is 1. The number of urea groups is 1. The zero-order valence-electron chi connectivity index (χ0n) is 11.1. The van der Waals surface area contributed by atoms with Crippen molar-refractivity contribution in [2.45, 2.75) is 45.6 Å². The number of hydrogen-bond acceptors (Lipinski definition) is 2. The van der Waals surface area contributed by atoms with Gasteiger partial charge in [0.2, 0.25) is 0 Å². The zero-order valence-corrected chi connectivity index (χ0v) is 11.1. The van der Waals surface area contributed by atoms with E-state index in [2.05, 4.69) is 12.2 Å². The lowest BCUT2D eigenvalue weighted by atomic mass is 9.81. The molecule has 0 spiro atoms. The van der Waals surface area contributed by atoms with E-state index in [1.165, 1.54) is 0 Å². The van der Waals surface area contributed by atoms with Crippen molar-refractivity contribution in [2.75, 3.05) is 13.1 Å². The minimum atomic E-state index is -0.808. The van der Waals surface area contributed by atoms with E-state index in [1.807, 2.05) is 0 Å². The standard InChI is InChI=1S/C13H22N2O3/c1-9-6-10(7-9)14-12(18)15-5-3-4-13(2,8-15)11(16)17/h9-10H,3-8H2,1-2H3,(H,14,18)(H,16,17). The molecule has 0 aromatic carbocycles. The van der Waals surface area contributed by atoms with Gasteiger partial charge in [0.1, 0.15) is 0 Å². The number of nitrogens with zero attached hydrogens (tertiary/aromatic N) is 1. The van der Waals surface area contributed by atoms with Gasteiger partial charge in [-0.15, -0.1) is 0 Å². The van der Waals surface area contributed by atoms with Gasteiger partial charge in [-0.2, -0.15) is 0 Å². The van der Waals surface area contributed by atoms with Crippen LogP contribution in [0.15, 0.2) is 0 Å². The number of rotatable bonds is 2. The summed E-state index contributed by atoms with van der Waals surface area (Å²) in [5, 5.41) is 12.2. The Bertz CT molecular complexity index is 352. The molecule has 1 saturated heterocycles. The number of carbonyl (C=O) groups excluding carboxylic acids is 1. The second-order valence-corrected chi connectivity index (χ2v) is 6.11. The molecular weight excluding hydrogens is 232 g/mol. The van der Waals surface area contributed by atoms with Gasteiger partial charge in [0, 0.05) is 19.1 Å². The van der Waals surface area contributed by atoms with Gasteiger partial charge < -0.3 is 15.3 Å². The fraction of sp³-hybridized carbons (Fsp3) is 0.846. The first-order chi connectivity index (χ1) is 8.40. The summed E-state index contributed by atoms with van der Waals surface area (Å²) in [5.74, 6) is -0.113. The first-order valence-corrected chi connectivity index (χ1v) is 6.69. The number of hydrogen-bond donors (Lipinski definition) is 2. The molecule has 1 aliphatic carbocycles. The van der Waals surface area contributed by atoms with E-state index >= 15 is 0 Å². The average Bonchev–Trinajstić information content (AvgIpc) is 2.26. The lowest BCUT2D eigenvalue weighted by Crippen LogP contribution is -2.55. The fourth-order valence-corrected chi connectivity index (χ4v) is 2.87. The Balaban J connectivity index is 1.88. The summed E-state index contributed by atoms with van der Waals surface area (Å²) in [4.78, 5) is 24.9. The molecule has 2 aliphatic rings. The van der Waals surface area contributed by atoms with Crippen LogP contribution in [0.1, 0.15) is 39.5 Å². The Morgan fingerprint density at radius 1 is 1.39 bits per heavy atom. The largest absolute Gasteiger partial charge is 0.481 e. The zero-order chi connectivity index (χ0) is 13.3. The van der Waals surface area contributed by atoms with Crippen molar-refractivity contribution in [2.24, 2.45) is 11.3 Å². The van der Waals surface area contributed by atoms with Crippen molar-refractivity contribution >= 4 is 12.0 Å². The van der Waals surface area contributed by atoms with Gasteiger partial charge in [-0.25, -0.2) is 4.79 Å². The smallest absolute Gasteiger partial charge is 0.317 e. The van der Waals surface area contributed by atoms with E-state index in [-0.39, 0.29) is 12.1 Å². The van der Waals surface area contributed by atoms with Crippen molar-refractivity contribution in [3.8, 4) is 0 Å². The molecule has 2 rings (SSSR count). The molecule has 0 bridgehead atoms. The lowest BCUT2D eigenvalue weighted by Gasteiger charge is -2.40. The normalized spacial score (nSPS) is 35.8. The summed E-state index contributed by atoms with van der Waals surface area (Å²) in [5.41, 5.74) is -0.789. The van der Waals surface area contributed by atoms with Crippen LogP contribution in [-0.4, -0.2) is 41.1 Å². The van der Waals surface area contributed by atoms with Gasteiger partial charge in [0.25, 0.3) is 0 Å². The van der Waals surface area contributed by atoms with Crippen LogP contribution in [0.25, 0.3) is 0 Å². The first-order valence-electron chi connectivity index (χ1n) is 6.69. The highest BCUT2D eigenvalue weighted by molar-refractivity contribution is 5.78. The molecule has 5 nitrogen and oxygen atoms in total. The third-order valence-electron chi connectivity index (χ3n) is 4.20. The summed E-state index contributed by atoms with van der Waals surface area (Å²) < 4.78 is 0. The fourth-order valence-electron chi connectivity index (χ4n) is 2.87. The average molecular weight is 254 g/mol. The Morgan fingerprint density at radius 2 is 2.06 bits per heavy atom. The van der Waals surface area contributed by atoms with Gasteiger partial charge >= 0.3 is 12.0 Å². The van der Waals surface area contributed by atoms with E-state index in [1.54, 1.807) is 11.8 Å². The molecule has 0 radical (unpaired) electrons. The van der Waals surface area contributed by atoms with Crippen molar-refractivity contribution in [1.29, 1.82) is 0 Å². The summed E-state index contributed by atoms with van der Waals surface area (Å²) >= 11 is 0. The number of nitrogens with one attached hydrogen (secondary N) is 1. The minimum Gasteiger partial charge on any atom is -0.481 e. The second kappa shape index (κ2) is 4.78. The second-order valence-electron chi connectivity index (χ2n) is 6.11. The molecule has 2 N–H and O–H groups in total. The molecule has 0 aromatic heterocycles. The van der Waals surface area contributed by atoms with Crippen LogP contribution in [0.4, 0.5) is 4.79 Å². The minimum absolute atomic E-state index is 0.0981. The van der Waals surface area contributed by atoms with Crippen LogP contribution in [0.3, 0.4) is 0 Å². The number of carboxylic acids is 1. The quantitative estimate of drug-likeness (QED) is 0.787. The van der Waals surface area contributed by atoms with Gasteiger partial charge in [-0.05, 0) is 38.5 Å². The molecule has 5 heteroatoms. The van der Waals surface area contributed by atoms with Gasteiger partial charge in [0.15, 0.2) is 0 Å². The van der Waals surface area contributed by atoms with Crippen LogP contribution in [-0.2, 0) is 4.79 Å². The number of likely N-dealkylation sites (tertiary alicyclic amines) is 1. The molecule has 102 valence electrons. The van der Waals surface area contributed by atoms with Crippen molar-refractivity contribution < 1.29 is 14.7 Å². The Kier molecular flexibility index (Phi) is 3.50. The molecule has 1 unspecified atom stereocenters. The van der Waals surface area contributed by atoms with Crippen LogP contribution in [0.5, 0.6) is 0 Å². The van der Waals surface area contributed by atoms with Crippen molar-refractivity contribution in [3.05, 3.63) is 0 Å². The Hall–Kier alpha value is -1.26. The molecule has 0 aromatic rings. The monoisotopic (exact) mass is 254 g/mol. The molecule has 1 saturated carbocycles. The van der Waals surface area contributed by atoms with Crippen LogP contribution in [0.2, 0.25) is 0 Å². The van der Waals surface area contributed by atoms with E-state index in [9.17, 15) is 14.7 Å². The molecule has 18 heavy (non-hydrogen) atoms. The predicted molar refractivity (Wildman–Crippen MR) is 67.3 cm³/mol. The summed E-state index contributed by atoms with van der Waals surface area (Å²) in [7, 11) is 0. The first kappa shape index (κ1) is 13.2. The third kappa shape index (κ3) is 2.60. The summed E-state index contributed by atoms with van der Waals surface area (Å²) in [6.45, 7) is 4.87. The van der Waals surface area contributed by atoms with Crippen molar-refractivity contribution in [3.63, 3.8) is 0 Å². The maximum Gasteiger partial charge on any atom is 0.317 e. The highest BCUT2D eigenvalue weighted by atomic mass is 16.4. The van der Waals surface area contributed by atoms with E-state index in [0.717, 1.165) is 19.3 Å².